The average molecular weight is 447 g/mol. The van der Waals surface area contributed by atoms with Gasteiger partial charge in [0.1, 0.15) is 5.75 Å². The van der Waals surface area contributed by atoms with Crippen LogP contribution in [0.25, 0.3) is 16.6 Å². The smallest absolute Gasteiger partial charge is 0.446 e. The van der Waals surface area contributed by atoms with Crippen molar-refractivity contribution < 1.29 is 23.0 Å². The van der Waals surface area contributed by atoms with E-state index in [4.69, 9.17) is 4.74 Å². The third-order valence-corrected chi connectivity index (χ3v) is 5.40. The fraction of sp³-hybridized carbons (Fsp3) is 0.143. The summed E-state index contributed by atoms with van der Waals surface area (Å²) < 4.78 is 45.3. The minimum absolute atomic E-state index is 0.0174. The van der Waals surface area contributed by atoms with Gasteiger partial charge in [-0.2, -0.15) is 13.2 Å². The topological polar surface area (TPSA) is 69.3 Å². The van der Waals surface area contributed by atoms with E-state index in [-0.39, 0.29) is 34.8 Å². The highest BCUT2D eigenvalue weighted by Gasteiger charge is 2.29. The van der Waals surface area contributed by atoms with Crippen LogP contribution in [-0.4, -0.2) is 31.8 Å². The van der Waals surface area contributed by atoms with Gasteiger partial charge in [-0.3, -0.25) is 9.55 Å². The van der Waals surface area contributed by atoms with Gasteiger partial charge in [0.2, 0.25) is 5.88 Å². The summed E-state index contributed by atoms with van der Waals surface area (Å²) in [6.45, 7) is 0.105. The number of imidazole rings is 1. The van der Waals surface area contributed by atoms with Gasteiger partial charge in [0.05, 0.1) is 37.3 Å². The van der Waals surface area contributed by atoms with E-state index < -0.39 is 11.2 Å². The van der Waals surface area contributed by atoms with Gasteiger partial charge >= 0.3 is 11.2 Å². The lowest BCUT2D eigenvalue weighted by Crippen LogP contribution is -2.23. The number of para-hydroxylation sites is 1. The minimum Gasteiger partial charge on any atom is -0.495 e. The van der Waals surface area contributed by atoms with Crippen LogP contribution in [0.2, 0.25) is 0 Å². The Kier molecular flexibility index (Phi) is 5.40. The van der Waals surface area contributed by atoms with E-state index in [1.54, 1.807) is 6.20 Å². The van der Waals surface area contributed by atoms with Crippen LogP contribution < -0.4 is 10.4 Å². The molecule has 1 N–H and O–H groups in total. The fourth-order valence-electron chi connectivity index (χ4n) is 3.32. The van der Waals surface area contributed by atoms with Gasteiger partial charge in [0.15, 0.2) is 0 Å². The Morgan fingerprint density at radius 3 is 2.52 bits per heavy atom. The van der Waals surface area contributed by atoms with E-state index in [2.05, 4.69) is 4.98 Å². The number of thioether (sulfide) groups is 1. The number of hydrogen-bond acceptors (Lipinski definition) is 5. The third kappa shape index (κ3) is 4.24. The predicted octanol–water partition coefficient (Wildman–Crippen LogP) is 4.56. The molecule has 0 amide bonds. The molecule has 0 radical (unpaired) electrons. The Bertz CT molecular complexity index is 1300. The van der Waals surface area contributed by atoms with Crippen molar-refractivity contribution >= 4 is 22.7 Å². The number of nitrogens with zero attached hydrogens (tertiary/aromatic N) is 3. The highest BCUT2D eigenvalue weighted by atomic mass is 32.2. The number of hydrogen-bond donors (Lipinski definition) is 1. The molecule has 0 bridgehead atoms. The zero-order valence-electron chi connectivity index (χ0n) is 16.1. The van der Waals surface area contributed by atoms with E-state index in [1.807, 2.05) is 24.3 Å². The summed E-state index contributed by atoms with van der Waals surface area (Å²) in [5.41, 5.74) is -3.26. The summed E-state index contributed by atoms with van der Waals surface area (Å²) in [4.78, 5) is 17.3. The molecule has 0 saturated heterocycles. The maximum absolute atomic E-state index is 13.0. The summed E-state index contributed by atoms with van der Waals surface area (Å²) >= 11 is -0.250. The Morgan fingerprint density at radius 2 is 1.84 bits per heavy atom. The lowest BCUT2D eigenvalue weighted by Gasteiger charge is -2.11. The number of aromatic hydroxyl groups is 1. The van der Waals surface area contributed by atoms with Gasteiger partial charge < -0.3 is 9.84 Å². The van der Waals surface area contributed by atoms with Crippen molar-refractivity contribution in [2.24, 2.45) is 0 Å². The number of rotatable bonds is 5. The number of methoxy groups -OCH3 is 1. The van der Waals surface area contributed by atoms with Crippen LogP contribution in [0.15, 0.2) is 70.6 Å². The van der Waals surface area contributed by atoms with Crippen LogP contribution in [0.1, 0.15) is 5.56 Å². The van der Waals surface area contributed by atoms with E-state index in [0.29, 0.717) is 11.3 Å². The van der Waals surface area contributed by atoms with Gasteiger partial charge in [0, 0.05) is 15.8 Å². The van der Waals surface area contributed by atoms with Crippen LogP contribution >= 0.6 is 11.8 Å². The van der Waals surface area contributed by atoms with E-state index in [1.165, 1.54) is 42.1 Å². The van der Waals surface area contributed by atoms with E-state index >= 15 is 0 Å². The molecule has 0 fully saturated rings. The number of benzene rings is 2. The highest BCUT2D eigenvalue weighted by molar-refractivity contribution is 8.00. The molecule has 0 saturated carbocycles. The summed E-state index contributed by atoms with van der Waals surface area (Å²) in [5, 5.41) is 11.2. The van der Waals surface area contributed by atoms with Crippen molar-refractivity contribution in [3.8, 4) is 17.3 Å². The molecule has 0 atom stereocenters. The van der Waals surface area contributed by atoms with Gasteiger partial charge in [-0.25, -0.2) is 9.36 Å². The lowest BCUT2D eigenvalue weighted by atomic mass is 10.1. The molecule has 2 aromatic carbocycles. The van der Waals surface area contributed by atoms with E-state index in [9.17, 15) is 23.1 Å². The Balaban J connectivity index is 1.72. The molecular formula is C21H16F3N3O3S. The normalized spacial score (nSPS) is 11.7. The van der Waals surface area contributed by atoms with Crippen molar-refractivity contribution in [1.82, 2.24) is 14.1 Å². The highest BCUT2D eigenvalue weighted by Crippen LogP contribution is 2.37. The van der Waals surface area contributed by atoms with Crippen molar-refractivity contribution in [1.29, 1.82) is 0 Å². The van der Waals surface area contributed by atoms with Crippen LogP contribution in [-0.2, 0) is 6.54 Å². The molecule has 31 heavy (non-hydrogen) atoms. The summed E-state index contributed by atoms with van der Waals surface area (Å²) in [6.07, 6.45) is 2.84. The lowest BCUT2D eigenvalue weighted by molar-refractivity contribution is -0.0328. The first-order valence-electron chi connectivity index (χ1n) is 9.05. The monoisotopic (exact) mass is 447 g/mol. The summed E-state index contributed by atoms with van der Waals surface area (Å²) in [6, 6.07) is 12.6. The average Bonchev–Trinajstić information content (AvgIpc) is 3.01. The van der Waals surface area contributed by atoms with Crippen LogP contribution in [0.3, 0.4) is 0 Å². The zero-order valence-corrected chi connectivity index (χ0v) is 16.9. The second kappa shape index (κ2) is 8.03. The molecule has 2 heterocycles. The molecule has 4 rings (SSSR count). The molecule has 160 valence electrons. The molecule has 0 aliphatic carbocycles. The second-order valence-electron chi connectivity index (χ2n) is 6.60. The number of halogens is 3. The fourth-order valence-corrected chi connectivity index (χ4v) is 3.86. The van der Waals surface area contributed by atoms with Gasteiger partial charge in [0.25, 0.3) is 0 Å². The van der Waals surface area contributed by atoms with E-state index in [0.717, 1.165) is 15.5 Å². The number of aromatic nitrogens is 3. The molecule has 0 unspecified atom stereocenters. The van der Waals surface area contributed by atoms with Crippen molar-refractivity contribution in [3.63, 3.8) is 0 Å². The van der Waals surface area contributed by atoms with Gasteiger partial charge in [-0.05, 0) is 42.1 Å². The van der Waals surface area contributed by atoms with Crippen LogP contribution in [0, 0.1) is 0 Å². The van der Waals surface area contributed by atoms with Gasteiger partial charge in [-0.15, -0.1) is 0 Å². The van der Waals surface area contributed by atoms with Crippen LogP contribution in [0.5, 0.6) is 11.6 Å². The number of pyridine rings is 1. The van der Waals surface area contributed by atoms with Crippen LogP contribution in [0.4, 0.5) is 13.2 Å². The first-order valence-corrected chi connectivity index (χ1v) is 9.86. The molecule has 4 aromatic rings. The SMILES string of the molecule is COc1cnc2ccccc2c1Cn1cc(O)n(-c2ccc(SC(F)(F)F)cc2)c1=O. The molecule has 0 aliphatic rings. The Labute approximate surface area is 178 Å². The number of fused-ring (bicyclic) bond motifs is 1. The first-order chi connectivity index (χ1) is 14.8. The number of ether oxygens (including phenoxy) is 1. The summed E-state index contributed by atoms with van der Waals surface area (Å²) in [7, 11) is 1.50. The van der Waals surface area contributed by atoms with Crippen molar-refractivity contribution in [2.75, 3.05) is 7.11 Å². The maximum Gasteiger partial charge on any atom is 0.446 e. The third-order valence-electron chi connectivity index (χ3n) is 4.66. The van der Waals surface area contributed by atoms with Gasteiger partial charge in [-0.1, -0.05) is 18.2 Å². The first kappa shape index (κ1) is 20.9. The number of alkyl halides is 3. The quantitative estimate of drug-likeness (QED) is 0.454. The largest absolute Gasteiger partial charge is 0.495 e. The standard InChI is InChI=1S/C21H16F3N3O3S/c1-30-18-10-25-17-5-3-2-4-15(17)16(18)11-26-12-19(28)27(20(26)29)13-6-8-14(9-7-13)31-21(22,23)24/h2-10,12,28H,11H2,1H3. The zero-order chi connectivity index (χ0) is 22.2. The Hall–Kier alpha value is -3.40. The molecule has 10 heteroatoms. The van der Waals surface area contributed by atoms with Crippen molar-refractivity contribution in [2.45, 2.75) is 16.9 Å². The molecule has 0 spiro atoms. The maximum atomic E-state index is 13.0. The second-order valence-corrected chi connectivity index (χ2v) is 7.74. The van der Waals surface area contributed by atoms with Crippen molar-refractivity contribution in [3.05, 3.63) is 77.0 Å². The molecule has 2 aromatic heterocycles. The molecule has 6 nitrogen and oxygen atoms in total. The predicted molar refractivity (Wildman–Crippen MR) is 111 cm³/mol. The Morgan fingerprint density at radius 1 is 1.13 bits per heavy atom. The minimum atomic E-state index is -4.41. The summed E-state index contributed by atoms with van der Waals surface area (Å²) in [5.74, 6) is 0.157. The molecule has 0 aliphatic heterocycles. The molecular weight excluding hydrogens is 431 g/mol.